The van der Waals surface area contributed by atoms with Crippen molar-refractivity contribution in [2.75, 3.05) is 6.54 Å². The number of nitrogens with one attached hydrogen (secondary N) is 2. The number of amides is 2. The van der Waals surface area contributed by atoms with Crippen LogP contribution in [-0.4, -0.2) is 33.5 Å². The van der Waals surface area contributed by atoms with Crippen LogP contribution in [0.5, 0.6) is 0 Å². The topological polar surface area (TPSA) is 78.1 Å². The van der Waals surface area contributed by atoms with Gasteiger partial charge in [0.2, 0.25) is 0 Å². The molecule has 0 spiro atoms. The van der Waals surface area contributed by atoms with Crippen LogP contribution in [0, 0.1) is 6.92 Å². The number of rotatable bonds is 3. The predicted octanol–water partition coefficient (Wildman–Crippen LogP) is 3.72. The summed E-state index contributed by atoms with van der Waals surface area (Å²) in [6.07, 6.45) is 3.70. The van der Waals surface area contributed by atoms with Gasteiger partial charge in [0.05, 0.1) is 12.6 Å². The Kier molecular flexibility index (Phi) is 5.06. The first-order valence-corrected chi connectivity index (χ1v) is 10.9. The molecular formula is C25H26N4O2. The number of nitrogens with zero attached hydrogens (tertiary/aromatic N) is 2. The Morgan fingerprint density at radius 2 is 2.00 bits per heavy atom. The summed E-state index contributed by atoms with van der Waals surface area (Å²) in [7, 11) is 0. The number of carbonyl (C=O) groups is 2. The number of fused-ring (bicyclic) bond motifs is 2. The van der Waals surface area contributed by atoms with Crippen LogP contribution < -0.4 is 5.32 Å². The number of hydrogen-bond acceptors (Lipinski definition) is 3. The Morgan fingerprint density at radius 3 is 2.87 bits per heavy atom. The van der Waals surface area contributed by atoms with Crippen molar-refractivity contribution in [1.82, 2.24) is 20.4 Å². The van der Waals surface area contributed by atoms with E-state index < -0.39 is 0 Å². The Bertz CT molecular complexity index is 1150. The molecule has 0 fully saturated rings. The number of carbonyl (C=O) groups excluding carboxylic acids is 2. The highest BCUT2D eigenvalue weighted by Gasteiger charge is 2.30. The average Bonchev–Trinajstić information content (AvgIpc) is 3.22. The second kappa shape index (κ2) is 8.02. The molecule has 0 unspecified atom stereocenters. The third-order valence-corrected chi connectivity index (χ3v) is 6.38. The zero-order chi connectivity index (χ0) is 21.4. The maximum Gasteiger partial charge on any atom is 0.272 e. The van der Waals surface area contributed by atoms with E-state index in [1.54, 1.807) is 4.90 Å². The molecule has 2 aliphatic rings. The molecule has 1 atom stereocenters. The van der Waals surface area contributed by atoms with E-state index in [-0.39, 0.29) is 17.9 Å². The Balaban J connectivity index is 1.35. The summed E-state index contributed by atoms with van der Waals surface area (Å²) < 4.78 is 0. The third kappa shape index (κ3) is 3.74. The van der Waals surface area contributed by atoms with Gasteiger partial charge in [0.15, 0.2) is 5.69 Å². The van der Waals surface area contributed by atoms with Crippen molar-refractivity contribution in [1.29, 1.82) is 0 Å². The molecule has 6 heteroatoms. The van der Waals surface area contributed by atoms with E-state index in [4.69, 9.17) is 0 Å². The number of aromatic nitrogens is 2. The molecule has 0 saturated carbocycles. The molecule has 1 aliphatic heterocycles. The van der Waals surface area contributed by atoms with Crippen molar-refractivity contribution >= 4 is 11.8 Å². The van der Waals surface area contributed by atoms with Gasteiger partial charge in [-0.1, -0.05) is 42.0 Å². The largest absolute Gasteiger partial charge is 0.344 e. The van der Waals surface area contributed by atoms with E-state index in [1.807, 2.05) is 43.3 Å². The van der Waals surface area contributed by atoms with E-state index in [0.29, 0.717) is 30.8 Å². The van der Waals surface area contributed by atoms with Gasteiger partial charge < -0.3 is 10.2 Å². The first-order chi connectivity index (χ1) is 15.1. The molecule has 0 saturated heterocycles. The summed E-state index contributed by atoms with van der Waals surface area (Å²) in [5.41, 5.74) is 6.41. The number of hydrogen-bond donors (Lipinski definition) is 2. The van der Waals surface area contributed by atoms with Gasteiger partial charge in [-0.05, 0) is 49.4 Å². The van der Waals surface area contributed by atoms with Crippen molar-refractivity contribution in [3.63, 3.8) is 0 Å². The van der Waals surface area contributed by atoms with Gasteiger partial charge in [-0.3, -0.25) is 14.7 Å². The van der Waals surface area contributed by atoms with Crippen molar-refractivity contribution in [2.24, 2.45) is 0 Å². The smallest absolute Gasteiger partial charge is 0.272 e. The van der Waals surface area contributed by atoms with Gasteiger partial charge >= 0.3 is 0 Å². The van der Waals surface area contributed by atoms with Crippen molar-refractivity contribution in [2.45, 2.75) is 45.2 Å². The van der Waals surface area contributed by atoms with Crippen LogP contribution in [0.25, 0.3) is 0 Å². The van der Waals surface area contributed by atoms with Crippen LogP contribution in [0.3, 0.4) is 0 Å². The molecule has 0 radical (unpaired) electrons. The summed E-state index contributed by atoms with van der Waals surface area (Å²) in [5.74, 6) is -0.188. The van der Waals surface area contributed by atoms with Crippen LogP contribution >= 0.6 is 0 Å². The minimum absolute atomic E-state index is 0.00146. The molecule has 5 rings (SSSR count). The highest BCUT2D eigenvalue weighted by atomic mass is 16.2. The lowest BCUT2D eigenvalue weighted by Gasteiger charge is -2.28. The maximum absolute atomic E-state index is 13.1. The summed E-state index contributed by atoms with van der Waals surface area (Å²) in [6, 6.07) is 15.9. The Hall–Kier alpha value is -3.41. The first kappa shape index (κ1) is 19.5. The number of aryl methyl sites for hydroxylation is 2. The summed E-state index contributed by atoms with van der Waals surface area (Å²) in [4.78, 5) is 28.0. The van der Waals surface area contributed by atoms with Gasteiger partial charge in [0.1, 0.15) is 0 Å². The number of benzene rings is 2. The van der Waals surface area contributed by atoms with E-state index in [9.17, 15) is 9.59 Å². The molecule has 3 aromatic rings. The fraction of sp³-hybridized carbons (Fsp3) is 0.320. The maximum atomic E-state index is 13.1. The van der Waals surface area contributed by atoms with Crippen LogP contribution in [0.1, 0.15) is 67.7 Å². The highest BCUT2D eigenvalue weighted by Crippen LogP contribution is 2.30. The first-order valence-electron chi connectivity index (χ1n) is 10.9. The minimum Gasteiger partial charge on any atom is -0.344 e. The average molecular weight is 415 g/mol. The molecule has 2 amide bonds. The lowest BCUT2D eigenvalue weighted by molar-refractivity contribution is 0.0730. The molecule has 1 aliphatic carbocycles. The van der Waals surface area contributed by atoms with Gasteiger partial charge in [-0.25, -0.2) is 0 Å². The second-order valence-electron chi connectivity index (χ2n) is 8.49. The normalized spacial score (nSPS) is 17.6. The van der Waals surface area contributed by atoms with Gasteiger partial charge in [0, 0.05) is 29.8 Å². The minimum atomic E-state index is -0.177. The predicted molar refractivity (Wildman–Crippen MR) is 118 cm³/mol. The standard InChI is InChI=1S/C25H26N4O2/c1-16-6-4-9-18(14-16)25(31)29-13-12-22-20(15-29)23(28-27-22)24(30)26-21-11-5-8-17-7-2-3-10-19(17)21/h2-4,6-7,9-10,14,21H,5,8,11-13,15H2,1H3,(H,26,30)(H,27,28)/t21-/m0/s1. The van der Waals surface area contributed by atoms with Crippen LogP contribution in [0.2, 0.25) is 0 Å². The SMILES string of the molecule is Cc1cccc(C(=O)N2CCc3[nH]nc(C(=O)N[C@H]4CCCc5ccccc54)c3C2)c1. The van der Waals surface area contributed by atoms with Crippen LogP contribution in [-0.2, 0) is 19.4 Å². The third-order valence-electron chi connectivity index (χ3n) is 6.38. The zero-order valence-electron chi connectivity index (χ0n) is 17.6. The van der Waals surface area contributed by atoms with Gasteiger partial charge in [-0.15, -0.1) is 0 Å². The van der Waals surface area contributed by atoms with E-state index >= 15 is 0 Å². The molecule has 1 aromatic heterocycles. The van der Waals surface area contributed by atoms with Crippen molar-refractivity contribution in [3.8, 4) is 0 Å². The van der Waals surface area contributed by atoms with Crippen molar-refractivity contribution < 1.29 is 9.59 Å². The van der Waals surface area contributed by atoms with Gasteiger partial charge in [0.25, 0.3) is 11.8 Å². The molecule has 0 bridgehead atoms. The molecule has 2 heterocycles. The number of H-pyrrole nitrogens is 1. The second-order valence-corrected chi connectivity index (χ2v) is 8.49. The lowest BCUT2D eigenvalue weighted by atomic mass is 9.87. The monoisotopic (exact) mass is 414 g/mol. The van der Waals surface area contributed by atoms with Crippen molar-refractivity contribution in [3.05, 3.63) is 87.7 Å². The molecule has 31 heavy (non-hydrogen) atoms. The Morgan fingerprint density at radius 1 is 1.13 bits per heavy atom. The number of aromatic amines is 1. The zero-order valence-corrected chi connectivity index (χ0v) is 17.6. The summed E-state index contributed by atoms with van der Waals surface area (Å²) in [5, 5.41) is 10.5. The van der Waals surface area contributed by atoms with E-state index in [0.717, 1.165) is 36.1 Å². The van der Waals surface area contributed by atoms with E-state index in [2.05, 4.69) is 27.6 Å². The molecule has 6 nitrogen and oxygen atoms in total. The Labute approximate surface area is 181 Å². The fourth-order valence-electron chi connectivity index (χ4n) is 4.75. The van der Waals surface area contributed by atoms with Gasteiger partial charge in [-0.2, -0.15) is 5.10 Å². The van der Waals surface area contributed by atoms with E-state index in [1.165, 1.54) is 11.1 Å². The molecular weight excluding hydrogens is 388 g/mol. The molecule has 2 aromatic carbocycles. The molecule has 2 N–H and O–H groups in total. The summed E-state index contributed by atoms with van der Waals surface area (Å²) >= 11 is 0. The lowest BCUT2D eigenvalue weighted by Crippen LogP contribution is -2.37. The summed E-state index contributed by atoms with van der Waals surface area (Å²) in [6.45, 7) is 2.98. The van der Waals surface area contributed by atoms with Crippen LogP contribution in [0.15, 0.2) is 48.5 Å². The molecule has 158 valence electrons. The van der Waals surface area contributed by atoms with Crippen LogP contribution in [0.4, 0.5) is 0 Å². The quantitative estimate of drug-likeness (QED) is 0.686. The highest BCUT2D eigenvalue weighted by molar-refractivity contribution is 5.96. The fourth-order valence-corrected chi connectivity index (χ4v) is 4.75.